The van der Waals surface area contributed by atoms with Crippen molar-refractivity contribution in [3.63, 3.8) is 0 Å². The quantitative estimate of drug-likeness (QED) is 0.665. The summed E-state index contributed by atoms with van der Waals surface area (Å²) in [5, 5.41) is 2.63. The number of nitrogens with zero attached hydrogens (tertiary/aromatic N) is 4. The van der Waals surface area contributed by atoms with Gasteiger partial charge in [0.25, 0.3) is 0 Å². The molecule has 1 atom stereocenters. The number of carbonyl (C=O) groups is 3. The Labute approximate surface area is 194 Å². The van der Waals surface area contributed by atoms with Crippen LogP contribution in [-0.2, 0) is 9.47 Å². The predicted octanol–water partition coefficient (Wildman–Crippen LogP) is 3.71. The highest BCUT2D eigenvalue weighted by atomic mass is 16.6. The number of amides is 4. The van der Waals surface area contributed by atoms with Crippen LogP contribution in [0.1, 0.15) is 41.5 Å². The average molecular weight is 463 g/mol. The lowest BCUT2D eigenvalue weighted by Gasteiger charge is -2.50. The Morgan fingerprint density at radius 3 is 2.00 bits per heavy atom. The number of hydrogen-bond donors (Lipinski definition) is 0. The van der Waals surface area contributed by atoms with E-state index in [-0.39, 0.29) is 25.2 Å². The lowest BCUT2D eigenvalue weighted by Crippen LogP contribution is -2.71. The van der Waals surface area contributed by atoms with Gasteiger partial charge in [-0.1, -0.05) is 0 Å². The van der Waals surface area contributed by atoms with Crippen LogP contribution in [0.2, 0.25) is 0 Å². The van der Waals surface area contributed by atoms with Crippen LogP contribution in [0.4, 0.5) is 20.1 Å². The highest BCUT2D eigenvalue weighted by Gasteiger charge is 2.46. The molecule has 2 aliphatic rings. The summed E-state index contributed by atoms with van der Waals surface area (Å²) in [6.45, 7) is 11.8. The highest BCUT2D eigenvalue weighted by Crippen LogP contribution is 2.29. The van der Waals surface area contributed by atoms with Crippen LogP contribution in [0.3, 0.4) is 0 Å². The van der Waals surface area contributed by atoms with Crippen molar-refractivity contribution in [1.82, 2.24) is 14.8 Å². The molecule has 0 aliphatic carbocycles. The van der Waals surface area contributed by atoms with Crippen molar-refractivity contribution in [1.29, 1.82) is 0 Å². The third-order valence-corrected chi connectivity index (χ3v) is 5.11. The van der Waals surface area contributed by atoms with Gasteiger partial charge in [0.1, 0.15) is 17.0 Å². The Kier molecular flexibility index (Phi) is 6.67. The van der Waals surface area contributed by atoms with Crippen molar-refractivity contribution in [2.24, 2.45) is 0 Å². The predicted molar refractivity (Wildman–Crippen MR) is 122 cm³/mol. The molecule has 0 bridgehead atoms. The molecule has 33 heavy (non-hydrogen) atoms. The monoisotopic (exact) mass is 462 g/mol. The number of carbonyl (C=O) groups excluding carboxylic acids is 3. The van der Waals surface area contributed by atoms with E-state index in [9.17, 15) is 14.4 Å². The first kappa shape index (κ1) is 24.5. The summed E-state index contributed by atoms with van der Waals surface area (Å²) in [5.74, 6) is 0.635. The third kappa shape index (κ3) is 5.80. The van der Waals surface area contributed by atoms with E-state index in [0.717, 1.165) is 0 Å². The Hall–Kier alpha value is -3.17. The number of ether oxygens (including phenoxy) is 3. The van der Waals surface area contributed by atoms with Crippen LogP contribution in [0.5, 0.6) is 5.75 Å². The van der Waals surface area contributed by atoms with Gasteiger partial charge in [-0.25, -0.2) is 19.4 Å². The van der Waals surface area contributed by atoms with Crippen molar-refractivity contribution in [2.75, 3.05) is 38.3 Å². The zero-order chi connectivity index (χ0) is 24.6. The fourth-order valence-electron chi connectivity index (χ4n) is 3.71. The van der Waals surface area contributed by atoms with Gasteiger partial charge in [-0.3, -0.25) is 0 Å². The summed E-state index contributed by atoms with van der Waals surface area (Å²) in [4.78, 5) is 42.5. The number of hydrogen-bond acceptors (Lipinski definition) is 6. The number of benzene rings is 1. The summed E-state index contributed by atoms with van der Waals surface area (Å²) < 4.78 is 16.3. The zero-order valence-electron chi connectivity index (χ0n) is 20.5. The van der Waals surface area contributed by atoms with Gasteiger partial charge in [0.05, 0.1) is 25.4 Å². The van der Waals surface area contributed by atoms with E-state index < -0.39 is 23.4 Å². The first-order valence-electron chi connectivity index (χ1n) is 11.0. The van der Waals surface area contributed by atoms with Gasteiger partial charge >= 0.3 is 18.2 Å². The summed E-state index contributed by atoms with van der Waals surface area (Å²) in [6, 6.07) is 6.13. The maximum absolute atomic E-state index is 13.5. The molecule has 0 spiro atoms. The molecule has 1 aromatic rings. The molecule has 2 aliphatic heterocycles. The SMILES string of the molecule is COc1ccc(N2C(=O)N3CCN(C(=O)OC(C)(C)C)CC3CN2C(=O)OC(C)(C)C)cc1. The van der Waals surface area contributed by atoms with Crippen molar-refractivity contribution in [3.05, 3.63) is 24.3 Å². The van der Waals surface area contributed by atoms with E-state index in [1.807, 2.05) is 20.8 Å². The van der Waals surface area contributed by atoms with Crippen LogP contribution in [-0.4, -0.2) is 83.6 Å². The van der Waals surface area contributed by atoms with Gasteiger partial charge in [-0.15, -0.1) is 0 Å². The topological polar surface area (TPSA) is 91.9 Å². The molecular weight excluding hydrogens is 428 g/mol. The third-order valence-electron chi connectivity index (χ3n) is 5.11. The van der Waals surface area contributed by atoms with Crippen molar-refractivity contribution < 1.29 is 28.6 Å². The van der Waals surface area contributed by atoms with Crippen molar-refractivity contribution in [3.8, 4) is 5.75 Å². The largest absolute Gasteiger partial charge is 0.497 e. The van der Waals surface area contributed by atoms with Crippen LogP contribution in [0, 0.1) is 0 Å². The van der Waals surface area contributed by atoms with E-state index >= 15 is 0 Å². The Bertz CT molecular complexity index is 890. The summed E-state index contributed by atoms with van der Waals surface area (Å²) in [7, 11) is 1.56. The smallest absolute Gasteiger partial charge is 0.429 e. The van der Waals surface area contributed by atoms with Gasteiger partial charge in [0, 0.05) is 19.6 Å². The number of piperazine rings is 1. The molecule has 2 saturated heterocycles. The maximum Gasteiger partial charge on any atom is 0.429 e. The lowest BCUT2D eigenvalue weighted by molar-refractivity contribution is -0.0114. The van der Waals surface area contributed by atoms with Gasteiger partial charge in [-0.05, 0) is 65.8 Å². The molecule has 4 amide bonds. The molecular formula is C23H34N4O6. The van der Waals surface area contributed by atoms with Crippen LogP contribution in [0.25, 0.3) is 0 Å². The standard InChI is InChI=1S/C23H34N4O6/c1-22(2,3)32-20(29)24-12-13-25-17(14-24)15-26(21(30)33-23(4,5)6)27(19(25)28)16-8-10-18(31-7)11-9-16/h8-11,17H,12-15H2,1-7H3. The molecule has 182 valence electrons. The molecule has 1 unspecified atom stereocenters. The summed E-state index contributed by atoms with van der Waals surface area (Å²) >= 11 is 0. The van der Waals surface area contributed by atoms with Crippen LogP contribution >= 0.6 is 0 Å². The summed E-state index contributed by atoms with van der Waals surface area (Å²) in [5.41, 5.74) is -0.845. The fourth-order valence-corrected chi connectivity index (χ4v) is 3.71. The molecule has 3 rings (SSSR count). The average Bonchev–Trinajstić information content (AvgIpc) is 2.71. The van der Waals surface area contributed by atoms with E-state index in [4.69, 9.17) is 14.2 Å². The maximum atomic E-state index is 13.5. The Balaban J connectivity index is 1.87. The minimum Gasteiger partial charge on any atom is -0.497 e. The molecule has 0 radical (unpaired) electrons. The van der Waals surface area contributed by atoms with Crippen LogP contribution in [0.15, 0.2) is 24.3 Å². The van der Waals surface area contributed by atoms with Crippen LogP contribution < -0.4 is 9.75 Å². The Morgan fingerprint density at radius 2 is 1.45 bits per heavy atom. The van der Waals surface area contributed by atoms with Gasteiger partial charge in [0.2, 0.25) is 0 Å². The second-order valence-corrected chi connectivity index (χ2v) is 10.1. The van der Waals surface area contributed by atoms with Gasteiger partial charge in [0.15, 0.2) is 0 Å². The summed E-state index contributed by atoms with van der Waals surface area (Å²) in [6.07, 6.45) is -1.07. The molecule has 0 aromatic heterocycles. The van der Waals surface area contributed by atoms with E-state index in [0.29, 0.717) is 24.5 Å². The molecule has 2 heterocycles. The first-order valence-corrected chi connectivity index (χ1v) is 11.0. The second kappa shape index (κ2) is 8.99. The van der Waals surface area contributed by atoms with Crippen molar-refractivity contribution in [2.45, 2.75) is 58.8 Å². The van der Waals surface area contributed by atoms with E-state index in [2.05, 4.69) is 0 Å². The Morgan fingerprint density at radius 1 is 0.879 bits per heavy atom. The fraction of sp³-hybridized carbons (Fsp3) is 0.609. The number of hydrazine groups is 1. The normalized spacial score (nSPS) is 19.2. The lowest BCUT2D eigenvalue weighted by atomic mass is 10.1. The molecule has 1 aromatic carbocycles. The second-order valence-electron chi connectivity index (χ2n) is 10.1. The highest BCUT2D eigenvalue weighted by molar-refractivity contribution is 5.95. The first-order chi connectivity index (χ1) is 15.3. The van der Waals surface area contributed by atoms with E-state index in [1.54, 1.807) is 61.9 Å². The number of methoxy groups -OCH3 is 1. The number of urea groups is 1. The van der Waals surface area contributed by atoms with Gasteiger partial charge < -0.3 is 24.0 Å². The zero-order valence-corrected chi connectivity index (χ0v) is 20.5. The molecule has 0 N–H and O–H groups in total. The molecule has 0 saturated carbocycles. The molecule has 10 heteroatoms. The molecule has 2 fully saturated rings. The molecule has 10 nitrogen and oxygen atoms in total. The number of fused-ring (bicyclic) bond motifs is 1. The number of anilines is 1. The van der Waals surface area contributed by atoms with Crippen molar-refractivity contribution >= 4 is 23.9 Å². The minimum absolute atomic E-state index is 0.173. The minimum atomic E-state index is -0.738. The van der Waals surface area contributed by atoms with E-state index in [1.165, 1.54) is 10.0 Å². The number of rotatable bonds is 2. The van der Waals surface area contributed by atoms with Gasteiger partial charge in [-0.2, -0.15) is 5.01 Å².